The minimum atomic E-state index is -0.766. The topological polar surface area (TPSA) is 103 Å². The van der Waals surface area contributed by atoms with Crippen molar-refractivity contribution in [2.75, 3.05) is 18.5 Å². The number of aromatic nitrogens is 1. The first kappa shape index (κ1) is 20.6. The molecule has 1 atom stereocenters. The number of nitrogens with zero attached hydrogens (tertiary/aromatic N) is 1. The average Bonchev–Trinajstić information content (AvgIpc) is 3.27. The summed E-state index contributed by atoms with van der Waals surface area (Å²) >= 11 is 0. The molecule has 4 aromatic rings. The lowest BCUT2D eigenvalue weighted by Gasteiger charge is -2.19. The molecule has 1 aromatic heterocycles. The standard InChI is InChI=1S/C25H21N3O5/c1-15(24(29)27-18-8-10-21-22(14-18)32-12-11-31-21)26-25(30)17-7-9-20-19(13-17)23(33-28-20)16-5-3-2-4-6-16/h2-10,13-15H,11-12H2,1H3,(H,26,30)(H,27,29)/t15-/m1/s1. The zero-order valence-electron chi connectivity index (χ0n) is 17.8. The first-order chi connectivity index (χ1) is 16.1. The maximum atomic E-state index is 12.8. The highest BCUT2D eigenvalue weighted by atomic mass is 16.6. The fraction of sp³-hybridized carbons (Fsp3) is 0.160. The van der Waals surface area contributed by atoms with Gasteiger partial charge in [-0.1, -0.05) is 35.5 Å². The van der Waals surface area contributed by atoms with Crippen LogP contribution in [0.15, 0.2) is 71.3 Å². The third-order valence-corrected chi connectivity index (χ3v) is 5.33. The summed E-state index contributed by atoms with van der Waals surface area (Å²) in [7, 11) is 0. The van der Waals surface area contributed by atoms with E-state index in [0.717, 1.165) is 10.9 Å². The van der Waals surface area contributed by atoms with E-state index in [1.165, 1.54) is 0 Å². The number of amides is 2. The summed E-state index contributed by atoms with van der Waals surface area (Å²) in [6.07, 6.45) is 0. The largest absolute Gasteiger partial charge is 0.486 e. The maximum Gasteiger partial charge on any atom is 0.251 e. The SMILES string of the molecule is C[C@@H](NC(=O)c1ccc2noc(-c3ccccc3)c2c1)C(=O)Nc1ccc2c(c1)OCCO2. The van der Waals surface area contributed by atoms with Gasteiger partial charge in [0.15, 0.2) is 17.3 Å². The van der Waals surface area contributed by atoms with Crippen molar-refractivity contribution in [3.8, 4) is 22.8 Å². The van der Waals surface area contributed by atoms with Crippen molar-refractivity contribution < 1.29 is 23.6 Å². The van der Waals surface area contributed by atoms with Crippen LogP contribution < -0.4 is 20.1 Å². The molecular formula is C25H21N3O5. The van der Waals surface area contributed by atoms with Gasteiger partial charge in [-0.05, 0) is 37.3 Å². The molecule has 0 bridgehead atoms. The molecular weight excluding hydrogens is 422 g/mol. The van der Waals surface area contributed by atoms with E-state index < -0.39 is 6.04 Å². The summed E-state index contributed by atoms with van der Waals surface area (Å²) in [6, 6.07) is 19.0. The zero-order chi connectivity index (χ0) is 22.8. The van der Waals surface area contributed by atoms with E-state index in [-0.39, 0.29) is 11.8 Å². The van der Waals surface area contributed by atoms with Crippen LogP contribution in [-0.4, -0.2) is 36.2 Å². The van der Waals surface area contributed by atoms with Crippen LogP contribution in [0.25, 0.3) is 22.2 Å². The predicted octanol–water partition coefficient (Wildman–Crippen LogP) is 4.02. The van der Waals surface area contributed by atoms with Crippen LogP contribution >= 0.6 is 0 Å². The molecule has 3 aromatic carbocycles. The van der Waals surface area contributed by atoms with Crippen LogP contribution in [0.3, 0.4) is 0 Å². The molecule has 33 heavy (non-hydrogen) atoms. The molecule has 0 unspecified atom stereocenters. The second-order valence-electron chi connectivity index (χ2n) is 7.65. The van der Waals surface area contributed by atoms with Crippen LogP contribution in [0.5, 0.6) is 11.5 Å². The predicted molar refractivity (Wildman–Crippen MR) is 122 cm³/mol. The maximum absolute atomic E-state index is 12.8. The molecule has 8 heteroatoms. The van der Waals surface area contributed by atoms with Gasteiger partial charge in [-0.25, -0.2) is 0 Å². The molecule has 2 amide bonds. The monoisotopic (exact) mass is 443 g/mol. The van der Waals surface area contributed by atoms with Crippen molar-refractivity contribution in [1.29, 1.82) is 0 Å². The number of hydrogen-bond donors (Lipinski definition) is 2. The van der Waals surface area contributed by atoms with Gasteiger partial charge < -0.3 is 24.6 Å². The summed E-state index contributed by atoms with van der Waals surface area (Å²) in [5, 5.41) is 10.3. The molecule has 0 aliphatic carbocycles. The Kier molecular flexibility index (Phi) is 5.40. The van der Waals surface area contributed by atoms with Gasteiger partial charge >= 0.3 is 0 Å². The number of carbonyl (C=O) groups is 2. The van der Waals surface area contributed by atoms with E-state index in [9.17, 15) is 9.59 Å². The minimum absolute atomic E-state index is 0.351. The molecule has 1 aliphatic heterocycles. The van der Waals surface area contributed by atoms with Gasteiger partial charge in [0, 0.05) is 22.9 Å². The minimum Gasteiger partial charge on any atom is -0.486 e. The van der Waals surface area contributed by atoms with Crippen molar-refractivity contribution >= 4 is 28.4 Å². The van der Waals surface area contributed by atoms with Crippen LogP contribution in [0.2, 0.25) is 0 Å². The number of ether oxygens (including phenoxy) is 2. The number of rotatable bonds is 5. The Bertz CT molecular complexity index is 1330. The van der Waals surface area contributed by atoms with Crippen molar-refractivity contribution in [2.45, 2.75) is 13.0 Å². The molecule has 2 N–H and O–H groups in total. The van der Waals surface area contributed by atoms with Crippen molar-refractivity contribution in [2.24, 2.45) is 0 Å². The molecule has 0 radical (unpaired) electrons. The fourth-order valence-corrected chi connectivity index (χ4v) is 3.60. The number of fused-ring (bicyclic) bond motifs is 2. The number of benzene rings is 3. The van der Waals surface area contributed by atoms with Crippen molar-refractivity contribution in [3.05, 3.63) is 72.3 Å². The Morgan fingerprint density at radius 3 is 2.55 bits per heavy atom. The molecule has 0 fully saturated rings. The lowest BCUT2D eigenvalue weighted by Crippen LogP contribution is -2.41. The lowest BCUT2D eigenvalue weighted by atomic mass is 10.1. The average molecular weight is 443 g/mol. The first-order valence-electron chi connectivity index (χ1n) is 10.5. The normalized spacial score (nSPS) is 13.4. The van der Waals surface area contributed by atoms with Crippen molar-refractivity contribution in [3.63, 3.8) is 0 Å². The van der Waals surface area contributed by atoms with E-state index in [1.807, 2.05) is 30.3 Å². The van der Waals surface area contributed by atoms with E-state index in [2.05, 4.69) is 15.8 Å². The van der Waals surface area contributed by atoms with Gasteiger partial charge in [-0.3, -0.25) is 9.59 Å². The van der Waals surface area contributed by atoms with Crippen LogP contribution in [0, 0.1) is 0 Å². The Balaban J connectivity index is 1.29. The zero-order valence-corrected chi connectivity index (χ0v) is 17.8. The molecule has 5 rings (SSSR count). The summed E-state index contributed by atoms with van der Waals surface area (Å²) in [4.78, 5) is 25.5. The van der Waals surface area contributed by atoms with Gasteiger partial charge in [0.1, 0.15) is 24.8 Å². The Morgan fingerprint density at radius 1 is 0.939 bits per heavy atom. The quantitative estimate of drug-likeness (QED) is 0.483. The highest BCUT2D eigenvalue weighted by Crippen LogP contribution is 2.32. The van der Waals surface area contributed by atoms with Gasteiger partial charge in [-0.2, -0.15) is 0 Å². The molecule has 166 valence electrons. The van der Waals surface area contributed by atoms with E-state index in [4.69, 9.17) is 14.0 Å². The second-order valence-corrected chi connectivity index (χ2v) is 7.65. The number of nitrogens with one attached hydrogen (secondary N) is 2. The summed E-state index contributed by atoms with van der Waals surface area (Å²) < 4.78 is 16.5. The van der Waals surface area contributed by atoms with Gasteiger partial charge in [0.25, 0.3) is 5.91 Å². The van der Waals surface area contributed by atoms with Gasteiger partial charge in [0.2, 0.25) is 5.91 Å². The van der Waals surface area contributed by atoms with Crippen molar-refractivity contribution in [1.82, 2.24) is 10.5 Å². The molecule has 0 saturated carbocycles. The smallest absolute Gasteiger partial charge is 0.251 e. The van der Waals surface area contributed by atoms with Crippen LogP contribution in [0.1, 0.15) is 17.3 Å². The Morgan fingerprint density at radius 2 is 1.73 bits per heavy atom. The van der Waals surface area contributed by atoms with Crippen LogP contribution in [-0.2, 0) is 4.79 Å². The number of anilines is 1. The third-order valence-electron chi connectivity index (χ3n) is 5.33. The van der Waals surface area contributed by atoms with E-state index in [1.54, 1.807) is 43.3 Å². The number of carbonyl (C=O) groups excluding carboxylic acids is 2. The first-order valence-corrected chi connectivity index (χ1v) is 10.5. The highest BCUT2D eigenvalue weighted by molar-refractivity contribution is 6.04. The second kappa shape index (κ2) is 8.66. The molecule has 0 saturated heterocycles. The summed E-state index contributed by atoms with van der Waals surface area (Å²) in [6.45, 7) is 2.58. The summed E-state index contributed by atoms with van der Waals surface area (Å²) in [5.74, 6) is 1.08. The van der Waals surface area contributed by atoms with Gasteiger partial charge in [0.05, 0.1) is 5.39 Å². The van der Waals surface area contributed by atoms with Gasteiger partial charge in [-0.15, -0.1) is 0 Å². The van der Waals surface area contributed by atoms with Crippen LogP contribution in [0.4, 0.5) is 5.69 Å². The third kappa shape index (κ3) is 4.23. The molecule has 2 heterocycles. The van der Waals surface area contributed by atoms with E-state index in [0.29, 0.717) is 47.2 Å². The molecule has 0 spiro atoms. The fourth-order valence-electron chi connectivity index (χ4n) is 3.60. The molecule has 8 nitrogen and oxygen atoms in total. The van der Waals surface area contributed by atoms with E-state index >= 15 is 0 Å². The number of hydrogen-bond acceptors (Lipinski definition) is 6. The Hall–Kier alpha value is -4.33. The summed E-state index contributed by atoms with van der Waals surface area (Å²) in [5.41, 5.74) is 2.48. The Labute approximate surface area is 189 Å². The molecule has 1 aliphatic rings. The lowest BCUT2D eigenvalue weighted by molar-refractivity contribution is -0.117. The highest BCUT2D eigenvalue weighted by Gasteiger charge is 2.20.